The average molecular weight is 730 g/mol. The summed E-state index contributed by atoms with van der Waals surface area (Å²) in [5, 5.41) is 5.02. The molecule has 0 saturated carbocycles. The zero-order valence-corrected chi connectivity index (χ0v) is 36.5. The largest absolute Gasteiger partial charge is 0.456 e. The first kappa shape index (κ1) is 38.4. The summed E-state index contributed by atoms with van der Waals surface area (Å²) < 4.78 is 9.86. The van der Waals surface area contributed by atoms with Gasteiger partial charge in [-0.05, 0) is 10.8 Å². The van der Waals surface area contributed by atoms with Gasteiger partial charge in [0.05, 0.1) is 5.56 Å². The molecule has 9 aromatic rings. The Bertz CT molecular complexity index is 3140. The van der Waals surface area contributed by atoms with E-state index >= 15 is 0 Å². The fourth-order valence-corrected chi connectivity index (χ4v) is 9.78. The number of nitrogens with zero attached hydrogens (tertiary/aromatic N) is 4. The van der Waals surface area contributed by atoms with E-state index in [2.05, 4.69) is 139 Å². The number of rotatable bonds is 4. The van der Waals surface area contributed by atoms with Crippen LogP contribution < -0.4 is 76.5 Å². The van der Waals surface area contributed by atoms with Gasteiger partial charge in [0.2, 0.25) is 0 Å². The molecule has 0 aliphatic rings. The summed E-state index contributed by atoms with van der Waals surface area (Å²) in [5.74, 6) is 1.88. The normalized spacial score (nSPS) is 11.7. The molecule has 262 valence electrons. The van der Waals surface area contributed by atoms with E-state index in [1.165, 1.54) is 93.0 Å². The second-order valence-corrected chi connectivity index (χ2v) is 16.8. The van der Waals surface area contributed by atoms with E-state index in [-0.39, 0.29) is 0 Å². The Hall–Kier alpha value is -5.16. The summed E-state index contributed by atoms with van der Waals surface area (Å²) in [6.45, 7) is 0. The highest BCUT2D eigenvalue weighted by molar-refractivity contribution is 6.72. The van der Waals surface area contributed by atoms with E-state index in [0.29, 0.717) is 17.5 Å². The van der Waals surface area contributed by atoms with E-state index in [1.54, 1.807) is 0 Å². The van der Waals surface area contributed by atoms with Crippen molar-refractivity contribution < 1.29 is 4.42 Å². The Morgan fingerprint density at radius 2 is 0.741 bits per heavy atom. The van der Waals surface area contributed by atoms with Crippen LogP contribution in [0.15, 0.2) is 65.1 Å². The molecule has 0 unspecified atom stereocenters. The van der Waals surface area contributed by atoms with Gasteiger partial charge in [0, 0.05) is 38.6 Å². The number of fused-ring (bicyclic) bond motifs is 6. The van der Waals surface area contributed by atoms with Crippen LogP contribution in [-0.2, 0) is 0 Å². The van der Waals surface area contributed by atoms with E-state index in [4.69, 9.17) is 19.4 Å². The quantitative estimate of drug-likeness (QED) is 0.169. The molecule has 0 fully saturated rings. The highest BCUT2D eigenvalue weighted by atomic mass is 16.3. The zero-order chi connectivity index (χ0) is 41.2. The smallest absolute Gasteiger partial charge is 0.167 e. The minimum absolute atomic E-state index is 0.612. The lowest BCUT2D eigenvalue weighted by atomic mass is 9.63. The monoisotopic (exact) mass is 732 g/mol. The van der Waals surface area contributed by atoms with Crippen LogP contribution in [0.5, 0.6) is 0 Å². The first-order chi connectivity index (χ1) is 27.6. The molecule has 0 aliphatic carbocycles. The highest BCUT2D eigenvalue weighted by Crippen LogP contribution is 2.34. The number of benzene rings is 6. The molecule has 0 spiro atoms. The van der Waals surface area contributed by atoms with Crippen molar-refractivity contribution in [2.75, 3.05) is 0 Å². The fourth-order valence-electron chi connectivity index (χ4n) is 9.78. The maximum Gasteiger partial charge on any atom is 0.167 e. The molecular formula is C39H38B14N4O. The van der Waals surface area contributed by atoms with Crippen molar-refractivity contribution in [3.05, 3.63) is 60.7 Å². The van der Waals surface area contributed by atoms with Crippen molar-refractivity contribution in [3.8, 4) is 39.9 Å². The Balaban J connectivity index is 1.45. The molecule has 0 atom stereocenters. The van der Waals surface area contributed by atoms with Crippen LogP contribution >= 0.6 is 0 Å². The lowest BCUT2D eigenvalue weighted by Gasteiger charge is -2.22. The van der Waals surface area contributed by atoms with Crippen molar-refractivity contribution in [2.24, 2.45) is 0 Å². The standard InChI is InChI=1S/C39H38B14N4O/c40-18-13-14-19(41)25(47)27(49)29(51)33(14)57(32(13)28(50)26(48)24(18)46)34-22(44)16-15-20(42)23(45)21(43)17(35(15)58-36(16)31(53)30(34)52)39-55-37(11-7-3-1-4-8-11)54-38(56-39)12-9-5-2-6-10-12/h1-10H,40-53H2. The zero-order valence-electron chi connectivity index (χ0n) is 36.5. The van der Waals surface area contributed by atoms with E-state index in [1.807, 2.05) is 36.4 Å². The fraction of sp³-hybridized carbons (Fsp3) is 0. The van der Waals surface area contributed by atoms with Gasteiger partial charge in [-0.15, -0.1) is 10.9 Å². The molecule has 58 heavy (non-hydrogen) atoms. The summed E-state index contributed by atoms with van der Waals surface area (Å²) in [4.78, 5) is 15.5. The molecule has 6 aromatic carbocycles. The molecule has 3 heterocycles. The Morgan fingerprint density at radius 3 is 1.22 bits per heavy atom. The molecule has 0 bridgehead atoms. The minimum Gasteiger partial charge on any atom is -0.456 e. The maximum absolute atomic E-state index is 7.23. The predicted octanol–water partition coefficient (Wildman–Crippen LogP) is -14.5. The van der Waals surface area contributed by atoms with Crippen LogP contribution in [0, 0.1) is 0 Å². The summed E-state index contributed by atoms with van der Waals surface area (Å²) in [5.41, 5.74) is 26.3. The maximum atomic E-state index is 7.23. The minimum atomic E-state index is 0.612. The van der Waals surface area contributed by atoms with Crippen LogP contribution in [0.3, 0.4) is 0 Å². The third-order valence-electron chi connectivity index (χ3n) is 14.2. The van der Waals surface area contributed by atoms with E-state index in [0.717, 1.165) is 49.6 Å². The molecule has 0 radical (unpaired) electrons. The second-order valence-electron chi connectivity index (χ2n) is 16.8. The topological polar surface area (TPSA) is 56.7 Å². The second kappa shape index (κ2) is 13.7. The molecule has 5 nitrogen and oxygen atoms in total. The SMILES string of the molecule is Bc1c(-n2c3c(B)c(B)c(B)c(B)c3c3c(B)c(B)c(B)c(B)c32)c(B)c2c(oc3c(-c4nc(-c5ccccc5)nc(-c5ccccc5)n4)c(B)c(B)c(B)c32)c1B. The molecule has 0 amide bonds. The van der Waals surface area contributed by atoms with Crippen molar-refractivity contribution in [3.63, 3.8) is 0 Å². The van der Waals surface area contributed by atoms with Crippen LogP contribution in [0.4, 0.5) is 0 Å². The number of hydrogen-bond acceptors (Lipinski definition) is 4. The van der Waals surface area contributed by atoms with Gasteiger partial charge in [0.15, 0.2) is 17.5 Å². The number of furan rings is 1. The number of hydrogen-bond donors (Lipinski definition) is 0. The van der Waals surface area contributed by atoms with Gasteiger partial charge in [-0.2, -0.15) is 0 Å². The number of aromatic nitrogens is 4. The van der Waals surface area contributed by atoms with Gasteiger partial charge < -0.3 is 8.98 Å². The van der Waals surface area contributed by atoms with Crippen LogP contribution in [0.25, 0.3) is 83.6 Å². The first-order valence-electron chi connectivity index (χ1n) is 20.5. The van der Waals surface area contributed by atoms with Gasteiger partial charge >= 0.3 is 0 Å². The molecular weight excluding hydrogens is 692 g/mol. The van der Waals surface area contributed by atoms with Gasteiger partial charge in [-0.25, -0.2) is 15.0 Å². The van der Waals surface area contributed by atoms with E-state index in [9.17, 15) is 0 Å². The highest BCUT2D eigenvalue weighted by Gasteiger charge is 2.29. The van der Waals surface area contributed by atoms with Crippen LogP contribution in [0.2, 0.25) is 0 Å². The van der Waals surface area contributed by atoms with Gasteiger partial charge in [-0.1, -0.05) is 126 Å². The van der Waals surface area contributed by atoms with Gasteiger partial charge in [-0.3, -0.25) is 0 Å². The summed E-state index contributed by atoms with van der Waals surface area (Å²) in [6, 6.07) is 20.4. The van der Waals surface area contributed by atoms with Crippen molar-refractivity contribution in [2.45, 2.75) is 0 Å². The van der Waals surface area contributed by atoms with Crippen molar-refractivity contribution in [1.82, 2.24) is 19.5 Å². The predicted molar refractivity (Wildman–Crippen MR) is 292 cm³/mol. The average Bonchev–Trinajstić information content (AvgIpc) is 3.80. The molecule has 0 aliphatic heterocycles. The Kier molecular flexibility index (Phi) is 9.07. The molecule has 0 N–H and O–H groups in total. The Morgan fingerprint density at radius 1 is 0.345 bits per heavy atom. The summed E-state index contributed by atoms with van der Waals surface area (Å²) in [7, 11) is 31.9. The van der Waals surface area contributed by atoms with Gasteiger partial charge in [0.25, 0.3) is 0 Å². The first-order valence-corrected chi connectivity index (χ1v) is 20.5. The molecule has 3 aromatic heterocycles. The van der Waals surface area contributed by atoms with Crippen molar-refractivity contribution in [1.29, 1.82) is 0 Å². The third-order valence-corrected chi connectivity index (χ3v) is 14.2. The molecule has 9 rings (SSSR count). The molecule has 19 heteroatoms. The van der Waals surface area contributed by atoms with Crippen molar-refractivity contribution >= 4 is 230 Å². The molecule has 0 saturated heterocycles. The summed E-state index contributed by atoms with van der Waals surface area (Å²) in [6.07, 6.45) is 0. The van der Waals surface area contributed by atoms with Crippen LogP contribution in [0.1, 0.15) is 0 Å². The third kappa shape index (κ3) is 5.27. The summed E-state index contributed by atoms with van der Waals surface area (Å²) >= 11 is 0. The lowest BCUT2D eigenvalue weighted by Crippen LogP contribution is -2.49. The van der Waals surface area contributed by atoms with E-state index < -0.39 is 0 Å². The van der Waals surface area contributed by atoms with Crippen LogP contribution in [-0.4, -0.2) is 129 Å². The Labute approximate surface area is 352 Å². The van der Waals surface area contributed by atoms with Gasteiger partial charge in [0.1, 0.15) is 121 Å². The lowest BCUT2D eigenvalue weighted by molar-refractivity contribution is 0.673.